The molecule has 0 aliphatic carbocycles. The molecule has 0 amide bonds. The molecule has 0 radical (unpaired) electrons. The lowest BCUT2D eigenvalue weighted by Crippen LogP contribution is -2.19. The van der Waals surface area contributed by atoms with Crippen LogP contribution in [0.3, 0.4) is 0 Å². The highest BCUT2D eigenvalue weighted by Crippen LogP contribution is 2.28. The number of rotatable bonds is 5. The van der Waals surface area contributed by atoms with Crippen LogP contribution in [-0.4, -0.2) is 11.5 Å². The zero-order chi connectivity index (χ0) is 13.8. The quantitative estimate of drug-likeness (QED) is 0.880. The van der Waals surface area contributed by atoms with Gasteiger partial charge in [-0.05, 0) is 44.9 Å². The van der Waals surface area contributed by atoms with E-state index in [1.807, 2.05) is 6.20 Å². The lowest BCUT2D eigenvalue weighted by Gasteiger charge is -2.09. The predicted molar refractivity (Wildman–Crippen MR) is 78.1 cm³/mol. The molecule has 0 saturated heterocycles. The molecule has 102 valence electrons. The maximum absolute atomic E-state index is 5.92. The summed E-state index contributed by atoms with van der Waals surface area (Å²) in [6.45, 7) is 9.40. The van der Waals surface area contributed by atoms with E-state index in [-0.39, 0.29) is 6.04 Å². The van der Waals surface area contributed by atoms with Crippen molar-refractivity contribution in [3.8, 4) is 11.3 Å². The van der Waals surface area contributed by atoms with E-state index in [1.165, 1.54) is 11.1 Å². The Hall–Kier alpha value is -1.61. The van der Waals surface area contributed by atoms with E-state index in [0.29, 0.717) is 0 Å². The molecule has 0 saturated carbocycles. The van der Waals surface area contributed by atoms with Gasteiger partial charge in [0.1, 0.15) is 0 Å². The fourth-order valence-corrected chi connectivity index (χ4v) is 2.25. The Labute approximate surface area is 115 Å². The number of aryl methyl sites for hydroxylation is 2. The number of hydrogen-bond acceptors (Lipinski definition) is 3. The molecule has 1 heterocycles. The van der Waals surface area contributed by atoms with Crippen LogP contribution >= 0.6 is 0 Å². The minimum absolute atomic E-state index is 0.151. The summed E-state index contributed by atoms with van der Waals surface area (Å²) in [7, 11) is 0. The van der Waals surface area contributed by atoms with Crippen molar-refractivity contribution in [1.29, 1.82) is 0 Å². The van der Waals surface area contributed by atoms with Gasteiger partial charge in [0.05, 0.1) is 12.2 Å². The van der Waals surface area contributed by atoms with Crippen LogP contribution in [0.4, 0.5) is 0 Å². The van der Waals surface area contributed by atoms with Gasteiger partial charge in [-0.15, -0.1) is 0 Å². The van der Waals surface area contributed by atoms with Crippen LogP contribution < -0.4 is 5.32 Å². The minimum Gasteiger partial charge on any atom is -0.439 e. The largest absolute Gasteiger partial charge is 0.439 e. The second-order valence-electron chi connectivity index (χ2n) is 5.01. The van der Waals surface area contributed by atoms with E-state index in [1.54, 1.807) is 0 Å². The smallest absolute Gasteiger partial charge is 0.211 e. The Morgan fingerprint density at radius 1 is 1.26 bits per heavy atom. The number of benzene rings is 1. The summed E-state index contributed by atoms with van der Waals surface area (Å²) in [5.74, 6) is 1.61. The third kappa shape index (κ3) is 3.04. The highest BCUT2D eigenvalue weighted by atomic mass is 16.4. The first kappa shape index (κ1) is 13.8. The summed E-state index contributed by atoms with van der Waals surface area (Å²) >= 11 is 0. The van der Waals surface area contributed by atoms with Crippen LogP contribution in [0, 0.1) is 13.8 Å². The summed E-state index contributed by atoms with van der Waals surface area (Å²) in [6, 6.07) is 6.42. The molecule has 1 atom stereocenters. The van der Waals surface area contributed by atoms with Crippen molar-refractivity contribution >= 4 is 0 Å². The van der Waals surface area contributed by atoms with Crippen LogP contribution in [-0.2, 0) is 0 Å². The number of hydrogen-bond donors (Lipinski definition) is 1. The van der Waals surface area contributed by atoms with Crippen molar-refractivity contribution in [2.24, 2.45) is 0 Å². The van der Waals surface area contributed by atoms with Crippen LogP contribution in [0.25, 0.3) is 11.3 Å². The average molecular weight is 258 g/mol. The van der Waals surface area contributed by atoms with Crippen LogP contribution in [0.1, 0.15) is 43.3 Å². The monoisotopic (exact) mass is 258 g/mol. The van der Waals surface area contributed by atoms with Crippen molar-refractivity contribution in [3.63, 3.8) is 0 Å². The van der Waals surface area contributed by atoms with Crippen molar-refractivity contribution in [3.05, 3.63) is 41.4 Å². The van der Waals surface area contributed by atoms with Crippen molar-refractivity contribution < 1.29 is 4.42 Å². The van der Waals surface area contributed by atoms with E-state index >= 15 is 0 Å². The average Bonchev–Trinajstić information content (AvgIpc) is 2.85. The molecule has 1 unspecified atom stereocenters. The molecule has 19 heavy (non-hydrogen) atoms. The van der Waals surface area contributed by atoms with Gasteiger partial charge in [-0.25, -0.2) is 4.98 Å². The molecule has 0 aliphatic rings. The van der Waals surface area contributed by atoms with Crippen LogP contribution in [0.5, 0.6) is 0 Å². The minimum atomic E-state index is 0.151. The normalized spacial score (nSPS) is 12.6. The van der Waals surface area contributed by atoms with Gasteiger partial charge in [0.25, 0.3) is 0 Å². The van der Waals surface area contributed by atoms with E-state index < -0.39 is 0 Å². The molecule has 2 aromatic rings. The van der Waals surface area contributed by atoms with Gasteiger partial charge in [0.15, 0.2) is 5.76 Å². The Bertz CT molecular complexity index is 525. The summed E-state index contributed by atoms with van der Waals surface area (Å²) in [6.07, 6.45) is 2.93. The van der Waals surface area contributed by atoms with Crippen molar-refractivity contribution in [1.82, 2.24) is 10.3 Å². The second-order valence-corrected chi connectivity index (χ2v) is 5.01. The van der Waals surface area contributed by atoms with E-state index in [2.05, 4.69) is 56.2 Å². The second kappa shape index (κ2) is 6.02. The highest BCUT2D eigenvalue weighted by Gasteiger charge is 2.14. The molecule has 0 bridgehead atoms. The fourth-order valence-electron chi connectivity index (χ4n) is 2.25. The molecular weight excluding hydrogens is 236 g/mol. The molecule has 0 spiro atoms. The molecule has 0 aliphatic heterocycles. The number of nitrogens with one attached hydrogen (secondary N) is 1. The SMILES string of the molecule is CCCNC(C)c1ncc(-c2c(C)cccc2C)o1. The highest BCUT2D eigenvalue weighted by molar-refractivity contribution is 5.65. The third-order valence-corrected chi connectivity index (χ3v) is 3.32. The van der Waals surface area contributed by atoms with Gasteiger partial charge in [-0.2, -0.15) is 0 Å². The van der Waals surface area contributed by atoms with Crippen molar-refractivity contribution in [2.45, 2.75) is 40.2 Å². The van der Waals surface area contributed by atoms with Gasteiger partial charge in [-0.3, -0.25) is 0 Å². The molecule has 3 nitrogen and oxygen atoms in total. The Morgan fingerprint density at radius 3 is 2.58 bits per heavy atom. The zero-order valence-corrected chi connectivity index (χ0v) is 12.2. The van der Waals surface area contributed by atoms with E-state index in [4.69, 9.17) is 4.42 Å². The fraction of sp³-hybridized carbons (Fsp3) is 0.438. The summed E-state index contributed by atoms with van der Waals surface area (Å²) in [5, 5.41) is 3.39. The summed E-state index contributed by atoms with van der Waals surface area (Å²) < 4.78 is 5.92. The molecule has 1 aromatic carbocycles. The molecule has 1 N–H and O–H groups in total. The Balaban J connectivity index is 2.26. The molecule has 0 fully saturated rings. The lowest BCUT2D eigenvalue weighted by molar-refractivity contribution is 0.423. The van der Waals surface area contributed by atoms with E-state index in [9.17, 15) is 0 Å². The predicted octanol–water partition coefficient (Wildman–Crippen LogP) is 4.02. The third-order valence-electron chi connectivity index (χ3n) is 3.32. The summed E-state index contributed by atoms with van der Waals surface area (Å²) in [4.78, 5) is 4.40. The van der Waals surface area contributed by atoms with Gasteiger partial charge < -0.3 is 9.73 Å². The standard InChI is InChI=1S/C16H22N2O/c1-5-9-17-13(4)16-18-10-14(19-16)15-11(2)7-6-8-12(15)3/h6-8,10,13,17H,5,9H2,1-4H3. The van der Waals surface area contributed by atoms with Gasteiger partial charge in [0.2, 0.25) is 5.89 Å². The first-order valence-corrected chi connectivity index (χ1v) is 6.89. The van der Waals surface area contributed by atoms with Gasteiger partial charge in [0, 0.05) is 5.56 Å². The first-order valence-electron chi connectivity index (χ1n) is 6.89. The molecular formula is C16H22N2O. The first-order chi connectivity index (χ1) is 9.13. The van der Waals surface area contributed by atoms with E-state index in [0.717, 1.165) is 30.2 Å². The maximum Gasteiger partial charge on any atom is 0.211 e. The summed E-state index contributed by atoms with van der Waals surface area (Å²) in [5.41, 5.74) is 3.60. The maximum atomic E-state index is 5.92. The van der Waals surface area contributed by atoms with Crippen LogP contribution in [0.15, 0.2) is 28.8 Å². The van der Waals surface area contributed by atoms with Gasteiger partial charge in [-0.1, -0.05) is 25.1 Å². The number of oxazole rings is 1. The van der Waals surface area contributed by atoms with Gasteiger partial charge >= 0.3 is 0 Å². The topological polar surface area (TPSA) is 38.1 Å². The molecule has 3 heteroatoms. The zero-order valence-electron chi connectivity index (χ0n) is 12.2. The van der Waals surface area contributed by atoms with Crippen molar-refractivity contribution in [2.75, 3.05) is 6.54 Å². The molecule has 1 aromatic heterocycles. The van der Waals surface area contributed by atoms with Crippen LogP contribution in [0.2, 0.25) is 0 Å². The Kier molecular flexibility index (Phi) is 4.38. The lowest BCUT2D eigenvalue weighted by atomic mass is 10.0. The Morgan fingerprint density at radius 2 is 1.95 bits per heavy atom. The molecule has 2 rings (SSSR count). The number of aromatic nitrogens is 1. The number of nitrogens with zero attached hydrogens (tertiary/aromatic N) is 1.